The fourth-order valence-corrected chi connectivity index (χ4v) is 5.22. The van der Waals surface area contributed by atoms with Crippen molar-refractivity contribution >= 4 is 21.6 Å². The first kappa shape index (κ1) is 18.1. The molecule has 5 heterocycles. The molecule has 7 nitrogen and oxygen atoms in total. The van der Waals surface area contributed by atoms with Gasteiger partial charge in [-0.3, -0.25) is 14.3 Å². The first-order valence-electron chi connectivity index (χ1n) is 10.5. The molecule has 0 unspecified atom stereocenters. The van der Waals surface area contributed by atoms with Crippen LogP contribution in [0.4, 0.5) is 0 Å². The molecule has 0 atom stereocenters. The highest BCUT2D eigenvalue weighted by molar-refractivity contribution is 7.22. The zero-order chi connectivity index (χ0) is 20.1. The lowest BCUT2D eigenvalue weighted by molar-refractivity contribution is 0.0839. The second-order valence-corrected chi connectivity index (χ2v) is 9.10. The summed E-state index contributed by atoms with van der Waals surface area (Å²) in [7, 11) is 1.96. The maximum absolute atomic E-state index is 6.52. The predicted molar refractivity (Wildman–Crippen MR) is 115 cm³/mol. The van der Waals surface area contributed by atoms with E-state index in [4.69, 9.17) is 14.6 Å². The molecule has 0 amide bonds. The van der Waals surface area contributed by atoms with E-state index >= 15 is 0 Å². The number of fused-ring (bicyclic) bond motifs is 1. The molecule has 4 aromatic heterocycles. The summed E-state index contributed by atoms with van der Waals surface area (Å²) in [6, 6.07) is 6.61. The van der Waals surface area contributed by atoms with Gasteiger partial charge in [-0.2, -0.15) is 10.2 Å². The predicted octanol–water partition coefficient (Wildman–Crippen LogP) is 4.91. The van der Waals surface area contributed by atoms with Gasteiger partial charge in [0, 0.05) is 44.6 Å². The number of ether oxygens (including phenoxy) is 2. The minimum absolute atomic E-state index is 0.388. The van der Waals surface area contributed by atoms with Crippen LogP contribution in [0, 0.1) is 0 Å². The number of nitrogens with zero attached hydrogens (tertiary/aromatic N) is 5. The van der Waals surface area contributed by atoms with Gasteiger partial charge in [-0.15, -0.1) is 11.3 Å². The minimum Gasteiger partial charge on any atom is -0.452 e. The van der Waals surface area contributed by atoms with Gasteiger partial charge in [0.1, 0.15) is 11.4 Å². The van der Waals surface area contributed by atoms with Gasteiger partial charge >= 0.3 is 0 Å². The van der Waals surface area contributed by atoms with Crippen molar-refractivity contribution in [3.05, 3.63) is 42.5 Å². The molecule has 2 aliphatic rings. The fourth-order valence-electron chi connectivity index (χ4n) is 4.10. The largest absolute Gasteiger partial charge is 0.452 e. The van der Waals surface area contributed by atoms with Crippen LogP contribution in [0.1, 0.15) is 43.3 Å². The van der Waals surface area contributed by atoms with Crippen LogP contribution in [-0.4, -0.2) is 37.8 Å². The van der Waals surface area contributed by atoms with Crippen LogP contribution in [0.15, 0.2) is 36.8 Å². The van der Waals surface area contributed by atoms with Gasteiger partial charge in [-0.05, 0) is 37.8 Å². The number of hydrogen-bond donors (Lipinski definition) is 0. The number of thiophene rings is 1. The Morgan fingerprint density at radius 3 is 2.73 bits per heavy atom. The summed E-state index contributed by atoms with van der Waals surface area (Å²) in [5.74, 6) is 2.10. The summed E-state index contributed by atoms with van der Waals surface area (Å²) in [6.07, 6.45) is 10.1. The van der Waals surface area contributed by atoms with Gasteiger partial charge < -0.3 is 9.47 Å². The molecule has 0 aromatic carbocycles. The highest BCUT2D eigenvalue weighted by Crippen LogP contribution is 2.43. The molecule has 0 spiro atoms. The zero-order valence-corrected chi connectivity index (χ0v) is 17.6. The molecular weight excluding hydrogens is 398 g/mol. The highest BCUT2D eigenvalue weighted by atomic mass is 32.1. The molecule has 1 aliphatic heterocycles. The Kier molecular flexibility index (Phi) is 4.35. The van der Waals surface area contributed by atoms with E-state index < -0.39 is 0 Å². The van der Waals surface area contributed by atoms with Crippen molar-refractivity contribution in [2.24, 2.45) is 7.05 Å². The Morgan fingerprint density at radius 1 is 1.10 bits per heavy atom. The van der Waals surface area contributed by atoms with E-state index in [-0.39, 0.29) is 0 Å². The quantitative estimate of drug-likeness (QED) is 0.458. The maximum Gasteiger partial charge on any atom is 0.168 e. The van der Waals surface area contributed by atoms with Crippen LogP contribution in [0.5, 0.6) is 11.5 Å². The first-order valence-corrected chi connectivity index (χ1v) is 11.3. The van der Waals surface area contributed by atoms with E-state index in [1.807, 2.05) is 36.3 Å². The third-order valence-corrected chi connectivity index (χ3v) is 7.08. The summed E-state index contributed by atoms with van der Waals surface area (Å²) < 4.78 is 17.1. The van der Waals surface area contributed by atoms with E-state index in [1.54, 1.807) is 11.3 Å². The van der Waals surface area contributed by atoms with E-state index in [9.17, 15) is 0 Å². The van der Waals surface area contributed by atoms with Gasteiger partial charge in [-0.1, -0.05) is 0 Å². The van der Waals surface area contributed by atoms with E-state index in [0.717, 1.165) is 64.0 Å². The molecule has 0 radical (unpaired) electrons. The second-order valence-electron chi connectivity index (χ2n) is 8.05. The third kappa shape index (κ3) is 3.20. The number of rotatable bonds is 5. The third-order valence-electron chi connectivity index (χ3n) is 5.92. The Bertz CT molecular complexity index is 1200. The number of aryl methyl sites for hydroxylation is 1. The fraction of sp³-hybridized carbons (Fsp3) is 0.409. The van der Waals surface area contributed by atoms with Crippen molar-refractivity contribution in [3.8, 4) is 22.1 Å². The van der Waals surface area contributed by atoms with Crippen molar-refractivity contribution in [2.45, 2.75) is 37.6 Å². The number of pyridine rings is 1. The van der Waals surface area contributed by atoms with Gasteiger partial charge in [0.05, 0.1) is 33.0 Å². The van der Waals surface area contributed by atoms with Crippen molar-refractivity contribution in [1.82, 2.24) is 24.5 Å². The van der Waals surface area contributed by atoms with Crippen molar-refractivity contribution in [2.75, 3.05) is 13.2 Å². The van der Waals surface area contributed by atoms with Crippen molar-refractivity contribution in [3.63, 3.8) is 0 Å². The molecule has 4 aromatic rings. The van der Waals surface area contributed by atoms with Crippen molar-refractivity contribution < 1.29 is 9.47 Å². The van der Waals surface area contributed by atoms with E-state index in [1.165, 1.54) is 12.8 Å². The van der Waals surface area contributed by atoms with Crippen LogP contribution in [0.25, 0.3) is 20.8 Å². The lowest BCUT2D eigenvalue weighted by Crippen LogP contribution is -2.15. The summed E-state index contributed by atoms with van der Waals surface area (Å²) in [6.45, 7) is 1.58. The standard InChI is InChI=1S/C22H23N5O2S/c1-26-17(4-9-24-26)20-12-16-22(30-20)18(5-8-23-16)29-19-13-27(15-2-3-15)25-21(19)14-6-10-28-11-7-14/h4-5,8-9,12-15H,2-3,6-7,10-11H2,1H3. The monoisotopic (exact) mass is 421 g/mol. The molecule has 1 aliphatic carbocycles. The Hall–Kier alpha value is -2.71. The summed E-state index contributed by atoms with van der Waals surface area (Å²) in [5, 5.41) is 9.23. The number of hydrogen-bond acceptors (Lipinski definition) is 6. The maximum atomic E-state index is 6.52. The molecule has 8 heteroatoms. The molecule has 2 fully saturated rings. The van der Waals surface area contributed by atoms with Crippen LogP contribution in [-0.2, 0) is 11.8 Å². The Morgan fingerprint density at radius 2 is 1.97 bits per heavy atom. The van der Waals surface area contributed by atoms with Crippen molar-refractivity contribution in [1.29, 1.82) is 0 Å². The highest BCUT2D eigenvalue weighted by Gasteiger charge is 2.30. The van der Waals surface area contributed by atoms with Gasteiger partial charge in [0.2, 0.25) is 0 Å². The number of aromatic nitrogens is 5. The smallest absolute Gasteiger partial charge is 0.168 e. The van der Waals surface area contributed by atoms with Crippen LogP contribution in [0.2, 0.25) is 0 Å². The Labute approximate surface area is 178 Å². The van der Waals surface area contributed by atoms with Crippen LogP contribution < -0.4 is 4.74 Å². The lowest BCUT2D eigenvalue weighted by atomic mass is 9.96. The normalized spacial score (nSPS) is 17.6. The summed E-state index contributed by atoms with van der Waals surface area (Å²) in [5.41, 5.74) is 3.09. The minimum atomic E-state index is 0.388. The van der Waals surface area contributed by atoms with Gasteiger partial charge in [-0.25, -0.2) is 0 Å². The lowest BCUT2D eigenvalue weighted by Gasteiger charge is -2.21. The summed E-state index contributed by atoms with van der Waals surface area (Å²) >= 11 is 1.69. The molecule has 30 heavy (non-hydrogen) atoms. The SMILES string of the molecule is Cn1nccc1-c1cc2nccc(Oc3cn(C4CC4)nc3C3CCOCC3)c2s1. The average Bonchev–Trinajstić information content (AvgIpc) is 3.18. The van der Waals surface area contributed by atoms with Crippen LogP contribution in [0.3, 0.4) is 0 Å². The molecule has 1 saturated carbocycles. The average molecular weight is 422 g/mol. The Balaban J connectivity index is 1.39. The molecule has 0 bridgehead atoms. The molecule has 6 rings (SSSR count). The molecule has 154 valence electrons. The van der Waals surface area contributed by atoms with E-state index in [2.05, 4.69) is 27.0 Å². The topological polar surface area (TPSA) is 67.0 Å². The van der Waals surface area contributed by atoms with Gasteiger partial charge in [0.25, 0.3) is 0 Å². The second kappa shape index (κ2) is 7.21. The van der Waals surface area contributed by atoms with E-state index in [0.29, 0.717) is 12.0 Å². The molecule has 0 N–H and O–H groups in total. The summed E-state index contributed by atoms with van der Waals surface area (Å²) in [4.78, 5) is 5.69. The van der Waals surface area contributed by atoms with Crippen LogP contribution >= 0.6 is 11.3 Å². The zero-order valence-electron chi connectivity index (χ0n) is 16.8. The van der Waals surface area contributed by atoms with Gasteiger partial charge in [0.15, 0.2) is 5.75 Å². The first-order chi connectivity index (χ1) is 14.8. The molecule has 1 saturated heterocycles. The molecular formula is C22H23N5O2S.